The molecule has 0 spiro atoms. The number of aliphatic hydroxyl groups excluding tert-OH is 1. The number of halogens is 1. The van der Waals surface area contributed by atoms with Gasteiger partial charge in [-0.15, -0.1) is 11.3 Å². The summed E-state index contributed by atoms with van der Waals surface area (Å²) in [5, 5.41) is 29.1. The summed E-state index contributed by atoms with van der Waals surface area (Å²) >= 11 is 7.76. The molecular weight excluding hydrogens is 902 g/mol. The molecule has 2 aromatic carbocycles. The second kappa shape index (κ2) is 21.9. The molecule has 2 fully saturated rings. The van der Waals surface area contributed by atoms with E-state index >= 15 is 0 Å². The van der Waals surface area contributed by atoms with E-state index in [0.717, 1.165) is 59.4 Å². The number of unbranched alkanes of at least 4 members (excludes halogenated alkanes) is 3. The molecule has 4 amide bonds. The van der Waals surface area contributed by atoms with Gasteiger partial charge in [-0.1, -0.05) is 109 Å². The topological polar surface area (TPSA) is 196 Å². The first-order valence-electron chi connectivity index (χ1n) is 23.4. The number of hydrogen-bond acceptors (Lipinski definition) is 11. The fourth-order valence-corrected chi connectivity index (χ4v) is 10.8. The SMILES string of the molecule is Cc1ncsc1-c1ccc([C@H](C)NC(=O)[C@@H]2C[C@@H](O)CN2C(=O)[C@@H](NC(=O)COCCCCCCc2ccc(C(=O)NC3C(C)(C)C(Oc4cnc(C#N)c(Cl)c4)C3(C)C)cc2)C(C)(C)C)cc1. The zero-order valence-electron chi connectivity index (χ0n) is 40.7. The number of thiazole rings is 1. The number of nitrogens with one attached hydrogen (secondary N) is 3. The third kappa shape index (κ3) is 12.2. The van der Waals surface area contributed by atoms with Crippen LogP contribution in [0.4, 0.5) is 0 Å². The summed E-state index contributed by atoms with van der Waals surface area (Å²) in [7, 11) is 0. The van der Waals surface area contributed by atoms with Gasteiger partial charge in [0, 0.05) is 48.1 Å². The van der Waals surface area contributed by atoms with Crippen LogP contribution in [-0.2, 0) is 25.5 Å². The number of nitriles is 1. The zero-order chi connectivity index (χ0) is 49.6. The number of pyridine rings is 1. The molecule has 1 aliphatic carbocycles. The molecule has 4 aromatic rings. The van der Waals surface area contributed by atoms with Crippen LogP contribution in [0.5, 0.6) is 5.75 Å². The van der Waals surface area contributed by atoms with Gasteiger partial charge in [0.05, 0.1) is 39.4 Å². The predicted molar refractivity (Wildman–Crippen MR) is 263 cm³/mol. The van der Waals surface area contributed by atoms with E-state index in [1.807, 2.05) is 94.7 Å². The molecule has 1 saturated heterocycles. The maximum Gasteiger partial charge on any atom is 0.251 e. The van der Waals surface area contributed by atoms with E-state index in [9.17, 15) is 24.3 Å². The molecule has 4 N–H and O–H groups in total. The number of likely N-dealkylation sites (tertiary alicyclic amines) is 1. The molecule has 68 heavy (non-hydrogen) atoms. The van der Waals surface area contributed by atoms with Crippen LogP contribution >= 0.6 is 22.9 Å². The molecule has 2 aromatic heterocycles. The number of carbonyl (C=O) groups excluding carboxylic acids is 4. The summed E-state index contributed by atoms with van der Waals surface area (Å²) in [6.07, 6.45) is 4.95. The van der Waals surface area contributed by atoms with E-state index in [2.05, 4.69) is 53.6 Å². The largest absolute Gasteiger partial charge is 0.487 e. The molecule has 0 bridgehead atoms. The summed E-state index contributed by atoms with van der Waals surface area (Å²) in [4.78, 5) is 65.1. The van der Waals surface area contributed by atoms with Crippen molar-refractivity contribution in [2.24, 2.45) is 16.2 Å². The van der Waals surface area contributed by atoms with E-state index in [1.165, 1.54) is 11.1 Å². The van der Waals surface area contributed by atoms with Crippen LogP contribution in [0.1, 0.15) is 126 Å². The van der Waals surface area contributed by atoms with Crippen molar-refractivity contribution < 1.29 is 33.8 Å². The minimum Gasteiger partial charge on any atom is -0.487 e. The maximum atomic E-state index is 14.1. The van der Waals surface area contributed by atoms with Crippen LogP contribution in [0.15, 0.2) is 66.3 Å². The van der Waals surface area contributed by atoms with Crippen molar-refractivity contribution in [1.82, 2.24) is 30.8 Å². The van der Waals surface area contributed by atoms with E-state index in [-0.39, 0.29) is 60.3 Å². The molecular formula is C52H66ClN7O7S. The number of hydrogen-bond donors (Lipinski definition) is 4. The van der Waals surface area contributed by atoms with E-state index < -0.39 is 46.2 Å². The van der Waals surface area contributed by atoms with E-state index in [4.69, 9.17) is 26.3 Å². The second-order valence-electron chi connectivity index (χ2n) is 20.5. The second-order valence-corrected chi connectivity index (χ2v) is 21.7. The fraction of sp³-hybridized carbons (Fsp3) is 0.519. The first-order valence-corrected chi connectivity index (χ1v) is 24.7. The van der Waals surface area contributed by atoms with E-state index in [1.54, 1.807) is 17.4 Å². The number of aliphatic hydroxyl groups is 1. The van der Waals surface area contributed by atoms with Crippen molar-refractivity contribution in [1.29, 1.82) is 5.26 Å². The lowest BCUT2D eigenvalue weighted by Crippen LogP contribution is -2.74. The van der Waals surface area contributed by atoms with Crippen molar-refractivity contribution in [3.8, 4) is 22.3 Å². The number of ether oxygens (including phenoxy) is 2. The number of benzene rings is 2. The molecule has 0 unspecified atom stereocenters. The number of amides is 4. The van der Waals surface area contributed by atoms with Gasteiger partial charge in [0.1, 0.15) is 36.6 Å². The first-order chi connectivity index (χ1) is 32.1. The van der Waals surface area contributed by atoms with Crippen molar-refractivity contribution in [2.75, 3.05) is 19.8 Å². The van der Waals surface area contributed by atoms with Gasteiger partial charge in [-0.3, -0.25) is 19.2 Å². The highest BCUT2D eigenvalue weighted by Gasteiger charge is 2.64. The number of nitrogens with zero attached hydrogens (tertiary/aromatic N) is 4. The average molecular weight is 969 g/mol. The van der Waals surface area contributed by atoms with Crippen molar-refractivity contribution in [3.05, 3.63) is 99.4 Å². The van der Waals surface area contributed by atoms with Crippen molar-refractivity contribution >= 4 is 46.6 Å². The standard InChI is InChI=1S/C52H66ClN7O7S/c1-31(34-19-21-35(22-20-34)43-32(2)56-30-68-43)57-46(64)41-24-37(61)28-60(41)47(65)44(50(3,4)5)58-42(62)29-66-23-13-11-10-12-14-33-15-17-36(18-16-33)45(63)59-48-51(6,7)49(52(48,8)9)67-38-25-39(53)40(26-54)55-27-38/h15-22,25,27,30-31,37,41,44,48-49,61H,10-14,23-24,28-29H2,1-9H3,(H,57,64)(H,58,62)(H,59,63)/t31-,37+,41-,44+,48?,49?/m0/s1. The number of aromatic nitrogens is 2. The third-order valence-electron chi connectivity index (χ3n) is 13.3. The molecule has 2 aliphatic rings. The Balaban J connectivity index is 0.887. The Bertz CT molecular complexity index is 2450. The number of carbonyl (C=O) groups is 4. The minimum atomic E-state index is -0.946. The quantitative estimate of drug-likeness (QED) is 0.0666. The Morgan fingerprint density at radius 3 is 2.28 bits per heavy atom. The van der Waals surface area contributed by atoms with Crippen LogP contribution < -0.4 is 20.7 Å². The third-order valence-corrected chi connectivity index (χ3v) is 14.6. The highest BCUT2D eigenvalue weighted by molar-refractivity contribution is 7.13. The van der Waals surface area contributed by atoms with Gasteiger partial charge in [0.15, 0.2) is 5.69 Å². The Morgan fingerprint density at radius 2 is 1.66 bits per heavy atom. The summed E-state index contributed by atoms with van der Waals surface area (Å²) in [6, 6.07) is 16.8. The van der Waals surface area contributed by atoms with Gasteiger partial charge in [-0.2, -0.15) is 5.26 Å². The Hall–Kier alpha value is -5.40. The normalized spacial score (nSPS) is 20.4. The average Bonchev–Trinajstić information content (AvgIpc) is 3.91. The Kier molecular flexibility index (Phi) is 16.8. The predicted octanol–water partition coefficient (Wildman–Crippen LogP) is 8.14. The number of rotatable bonds is 19. The maximum absolute atomic E-state index is 14.1. The number of aryl methyl sites for hydroxylation is 2. The molecule has 16 heteroatoms. The van der Waals surface area contributed by atoms with Crippen LogP contribution in [0.2, 0.25) is 5.02 Å². The lowest BCUT2D eigenvalue weighted by Gasteiger charge is -2.63. The zero-order valence-corrected chi connectivity index (χ0v) is 42.2. The monoisotopic (exact) mass is 967 g/mol. The Morgan fingerprint density at radius 1 is 0.985 bits per heavy atom. The molecule has 1 aliphatic heterocycles. The van der Waals surface area contributed by atoms with Gasteiger partial charge in [0.25, 0.3) is 5.91 Å². The van der Waals surface area contributed by atoms with Crippen molar-refractivity contribution in [2.45, 2.75) is 137 Å². The molecule has 14 nitrogen and oxygen atoms in total. The van der Waals surface area contributed by atoms with Gasteiger partial charge >= 0.3 is 0 Å². The summed E-state index contributed by atoms with van der Waals surface area (Å²) in [5.41, 5.74) is 5.12. The van der Waals surface area contributed by atoms with Crippen molar-refractivity contribution in [3.63, 3.8) is 0 Å². The molecule has 364 valence electrons. The van der Waals surface area contributed by atoms with Crippen LogP contribution in [0.3, 0.4) is 0 Å². The van der Waals surface area contributed by atoms with Gasteiger partial charge in [-0.25, -0.2) is 9.97 Å². The fourth-order valence-electron chi connectivity index (χ4n) is 9.81. The first kappa shape index (κ1) is 52.0. The van der Waals surface area contributed by atoms with Gasteiger partial charge in [-0.05, 0) is 67.3 Å². The lowest BCUT2D eigenvalue weighted by atomic mass is 9.49. The smallest absolute Gasteiger partial charge is 0.251 e. The van der Waals surface area contributed by atoms with Gasteiger partial charge in [0.2, 0.25) is 17.7 Å². The molecule has 3 heterocycles. The molecule has 6 rings (SSSR count). The van der Waals surface area contributed by atoms with Crippen LogP contribution in [0.25, 0.3) is 10.4 Å². The highest BCUT2D eigenvalue weighted by Crippen LogP contribution is 2.55. The molecule has 0 radical (unpaired) electrons. The minimum absolute atomic E-state index is 0.00975. The van der Waals surface area contributed by atoms with Gasteiger partial charge < -0.3 is 35.4 Å². The highest BCUT2D eigenvalue weighted by atomic mass is 35.5. The van der Waals surface area contributed by atoms with Crippen LogP contribution in [-0.4, -0.2) is 93.7 Å². The number of β-amino-alcohol motifs (C(OH)–C–C–N with tert-alkyl or cyclic N) is 1. The molecule has 4 atom stereocenters. The van der Waals surface area contributed by atoms with E-state index in [0.29, 0.717) is 17.9 Å². The lowest BCUT2D eigenvalue weighted by molar-refractivity contribution is -0.164. The summed E-state index contributed by atoms with van der Waals surface area (Å²) < 4.78 is 12.0. The summed E-state index contributed by atoms with van der Waals surface area (Å²) in [6.45, 7) is 17.8. The van der Waals surface area contributed by atoms with Crippen LogP contribution in [0, 0.1) is 34.5 Å². The Labute approximate surface area is 409 Å². The molecule has 1 saturated carbocycles. The summed E-state index contributed by atoms with van der Waals surface area (Å²) in [5.74, 6) is -0.890.